The first kappa shape index (κ1) is 13.6. The Morgan fingerprint density at radius 2 is 2.05 bits per heavy atom. The molecule has 2 aromatic rings. The number of alkyl halides is 2. The summed E-state index contributed by atoms with van der Waals surface area (Å²) in [6.07, 6.45) is 3.48. The van der Waals surface area contributed by atoms with Crippen LogP contribution in [0.3, 0.4) is 0 Å². The van der Waals surface area contributed by atoms with Crippen LogP contribution in [0, 0.1) is 0 Å². The summed E-state index contributed by atoms with van der Waals surface area (Å²) in [4.78, 5) is 17.0. The zero-order valence-corrected chi connectivity index (χ0v) is 12.3. The molecular formula is C16H13Cl2NO. The topological polar surface area (TPSA) is 30.0 Å². The zero-order valence-electron chi connectivity index (χ0n) is 10.8. The van der Waals surface area contributed by atoms with E-state index in [1.165, 1.54) is 0 Å². The van der Waals surface area contributed by atoms with Crippen LogP contribution in [0.5, 0.6) is 0 Å². The number of benzene rings is 1. The molecule has 0 amide bonds. The summed E-state index contributed by atoms with van der Waals surface area (Å²) < 4.78 is 0. The van der Waals surface area contributed by atoms with Crippen LogP contribution in [0.4, 0.5) is 0 Å². The van der Waals surface area contributed by atoms with Gasteiger partial charge < -0.3 is 0 Å². The summed E-state index contributed by atoms with van der Waals surface area (Å²) in [7, 11) is 0. The molecular weight excluding hydrogens is 293 g/mol. The Labute approximate surface area is 127 Å². The first-order chi connectivity index (χ1) is 9.70. The number of fused-ring (bicyclic) bond motifs is 2. The van der Waals surface area contributed by atoms with E-state index in [-0.39, 0.29) is 5.78 Å². The van der Waals surface area contributed by atoms with E-state index in [1.807, 2.05) is 36.4 Å². The number of halogens is 2. The van der Waals surface area contributed by atoms with Gasteiger partial charge in [-0.15, -0.1) is 23.2 Å². The molecule has 1 aliphatic carbocycles. The van der Waals surface area contributed by atoms with Crippen molar-refractivity contribution in [2.45, 2.75) is 18.2 Å². The van der Waals surface area contributed by atoms with E-state index in [2.05, 4.69) is 4.98 Å². The first-order valence-electron chi connectivity index (χ1n) is 6.55. The van der Waals surface area contributed by atoms with Crippen molar-refractivity contribution in [1.29, 1.82) is 0 Å². The molecule has 0 bridgehead atoms. The molecule has 0 aliphatic heterocycles. The highest BCUT2D eigenvalue weighted by Gasteiger charge is 2.28. The van der Waals surface area contributed by atoms with E-state index < -0.39 is 5.38 Å². The van der Waals surface area contributed by atoms with E-state index in [9.17, 15) is 4.79 Å². The summed E-state index contributed by atoms with van der Waals surface area (Å²) in [5.41, 5.74) is 3.13. The van der Waals surface area contributed by atoms with Gasteiger partial charge in [0.15, 0.2) is 5.78 Å². The fourth-order valence-electron chi connectivity index (χ4n) is 2.46. The average molecular weight is 306 g/mol. The van der Waals surface area contributed by atoms with Gasteiger partial charge in [0.05, 0.1) is 11.2 Å². The maximum Gasteiger partial charge on any atom is 0.186 e. The Morgan fingerprint density at radius 1 is 1.25 bits per heavy atom. The van der Waals surface area contributed by atoms with Crippen LogP contribution in [0.25, 0.3) is 17.0 Å². The number of carbonyl (C=O) groups excluding carboxylic acids is 1. The summed E-state index contributed by atoms with van der Waals surface area (Å²) in [6, 6.07) is 9.65. The van der Waals surface area contributed by atoms with Crippen molar-refractivity contribution in [3.8, 4) is 0 Å². The number of hydrogen-bond donors (Lipinski definition) is 0. The van der Waals surface area contributed by atoms with Crippen molar-refractivity contribution in [3.05, 3.63) is 47.2 Å². The number of rotatable bonds is 3. The van der Waals surface area contributed by atoms with E-state index in [0.29, 0.717) is 11.4 Å². The molecule has 0 saturated heterocycles. The summed E-state index contributed by atoms with van der Waals surface area (Å²) in [6.45, 7) is 0. The van der Waals surface area contributed by atoms with Crippen LogP contribution in [-0.2, 0) is 0 Å². The molecule has 0 fully saturated rings. The maximum atomic E-state index is 12.4. The third-order valence-corrected chi connectivity index (χ3v) is 4.24. The lowest BCUT2D eigenvalue weighted by Crippen LogP contribution is -2.23. The number of nitrogens with zero attached hydrogens (tertiary/aromatic N) is 1. The second-order valence-corrected chi connectivity index (χ2v) is 5.67. The molecule has 3 rings (SSSR count). The molecule has 1 aliphatic rings. The molecule has 20 heavy (non-hydrogen) atoms. The minimum absolute atomic E-state index is 0.0630. The molecule has 102 valence electrons. The van der Waals surface area contributed by atoms with Crippen molar-refractivity contribution >= 4 is 46.0 Å². The predicted octanol–water partition coefficient (Wildman–Crippen LogP) is 4.44. The highest BCUT2D eigenvalue weighted by molar-refractivity contribution is 6.37. The molecule has 1 unspecified atom stereocenters. The molecule has 0 saturated carbocycles. The zero-order chi connectivity index (χ0) is 14.1. The molecule has 4 heteroatoms. The average Bonchev–Trinajstić information content (AvgIpc) is 2.48. The SMILES string of the molecule is O=C1c2cc3ccccc3nc2C=C(CCCCl)C1Cl. The Bertz CT molecular complexity index is 709. The summed E-state index contributed by atoms with van der Waals surface area (Å²) >= 11 is 12.0. The molecule has 1 aromatic carbocycles. The van der Waals surface area contributed by atoms with Gasteiger partial charge in [0.2, 0.25) is 0 Å². The highest BCUT2D eigenvalue weighted by atomic mass is 35.5. The fraction of sp³-hybridized carbons (Fsp3) is 0.250. The van der Waals surface area contributed by atoms with Crippen LogP contribution < -0.4 is 0 Å². The minimum atomic E-state index is -0.589. The van der Waals surface area contributed by atoms with Gasteiger partial charge in [0.1, 0.15) is 5.38 Å². The molecule has 0 N–H and O–H groups in total. The van der Waals surface area contributed by atoms with Gasteiger partial charge in [-0.25, -0.2) is 4.98 Å². The van der Waals surface area contributed by atoms with Gasteiger partial charge in [0, 0.05) is 16.8 Å². The van der Waals surface area contributed by atoms with Gasteiger partial charge in [-0.2, -0.15) is 0 Å². The van der Waals surface area contributed by atoms with E-state index in [4.69, 9.17) is 23.2 Å². The monoisotopic (exact) mass is 305 g/mol. The highest BCUT2D eigenvalue weighted by Crippen LogP contribution is 2.31. The van der Waals surface area contributed by atoms with Crippen molar-refractivity contribution in [2.75, 3.05) is 5.88 Å². The Hall–Kier alpha value is -1.38. The van der Waals surface area contributed by atoms with Crippen LogP contribution >= 0.6 is 23.2 Å². The lowest BCUT2D eigenvalue weighted by molar-refractivity contribution is 0.0993. The van der Waals surface area contributed by atoms with Crippen molar-refractivity contribution < 1.29 is 4.79 Å². The van der Waals surface area contributed by atoms with E-state index in [0.717, 1.165) is 35.0 Å². The fourth-order valence-corrected chi connectivity index (χ4v) is 2.89. The van der Waals surface area contributed by atoms with Crippen LogP contribution in [0.2, 0.25) is 0 Å². The van der Waals surface area contributed by atoms with Gasteiger partial charge in [-0.1, -0.05) is 18.2 Å². The summed E-state index contributed by atoms with van der Waals surface area (Å²) in [5.74, 6) is 0.500. The maximum absolute atomic E-state index is 12.4. The van der Waals surface area contributed by atoms with Gasteiger partial charge in [-0.05, 0) is 36.6 Å². The predicted molar refractivity (Wildman–Crippen MR) is 83.6 cm³/mol. The normalized spacial score (nSPS) is 18.0. The van der Waals surface area contributed by atoms with Gasteiger partial charge in [0.25, 0.3) is 0 Å². The van der Waals surface area contributed by atoms with Crippen molar-refractivity contribution in [3.63, 3.8) is 0 Å². The van der Waals surface area contributed by atoms with Gasteiger partial charge in [-0.3, -0.25) is 4.79 Å². The quantitative estimate of drug-likeness (QED) is 0.785. The number of carbonyl (C=O) groups is 1. The smallest absolute Gasteiger partial charge is 0.186 e. The third-order valence-electron chi connectivity index (χ3n) is 3.50. The van der Waals surface area contributed by atoms with E-state index >= 15 is 0 Å². The number of ketones is 1. The molecule has 2 nitrogen and oxygen atoms in total. The van der Waals surface area contributed by atoms with Crippen molar-refractivity contribution in [2.24, 2.45) is 0 Å². The van der Waals surface area contributed by atoms with Crippen molar-refractivity contribution in [1.82, 2.24) is 4.98 Å². The molecule has 1 heterocycles. The Morgan fingerprint density at radius 3 is 2.85 bits per heavy atom. The van der Waals surface area contributed by atoms with Crippen LogP contribution in [-0.4, -0.2) is 22.0 Å². The summed E-state index contributed by atoms with van der Waals surface area (Å²) in [5, 5.41) is 0.370. The molecule has 1 atom stereocenters. The molecule has 0 spiro atoms. The molecule has 0 radical (unpaired) electrons. The second-order valence-electron chi connectivity index (χ2n) is 4.85. The first-order valence-corrected chi connectivity index (χ1v) is 7.52. The minimum Gasteiger partial charge on any atom is -0.292 e. The second kappa shape index (κ2) is 5.55. The standard InChI is InChI=1S/C16H13Cl2NO/c17-7-3-5-11-9-14-12(16(20)15(11)18)8-10-4-1-2-6-13(10)19-14/h1-2,4,6,8-9,15H,3,5,7H2. The Balaban J connectivity index is 2.12. The largest absolute Gasteiger partial charge is 0.292 e. The third kappa shape index (κ3) is 2.34. The van der Waals surface area contributed by atoms with Crippen LogP contribution in [0.15, 0.2) is 35.9 Å². The number of Topliss-reactive ketones (excluding diaryl/α,β-unsaturated/α-hetero) is 1. The van der Waals surface area contributed by atoms with E-state index in [1.54, 1.807) is 0 Å². The van der Waals surface area contributed by atoms with Gasteiger partial charge >= 0.3 is 0 Å². The number of para-hydroxylation sites is 1. The Kier molecular flexibility index (Phi) is 3.77. The lowest BCUT2D eigenvalue weighted by atomic mass is 9.91. The number of pyridine rings is 1. The number of allylic oxidation sites excluding steroid dienone is 1. The van der Waals surface area contributed by atoms with Crippen LogP contribution in [0.1, 0.15) is 28.9 Å². The number of hydrogen-bond acceptors (Lipinski definition) is 2. The molecule has 1 aromatic heterocycles. The lowest BCUT2D eigenvalue weighted by Gasteiger charge is -2.20. The number of aromatic nitrogens is 1.